The van der Waals surface area contributed by atoms with Crippen LogP contribution < -0.4 is 19.9 Å². The second-order valence-electron chi connectivity index (χ2n) is 9.55. The first kappa shape index (κ1) is 23.9. The molecule has 1 aliphatic rings. The van der Waals surface area contributed by atoms with Crippen LogP contribution in [0.4, 0.5) is 5.69 Å². The third-order valence-electron chi connectivity index (χ3n) is 7.15. The Hall–Kier alpha value is -3.77. The molecule has 4 aromatic rings. The van der Waals surface area contributed by atoms with E-state index in [-0.39, 0.29) is 5.56 Å². The van der Waals surface area contributed by atoms with E-state index in [9.17, 15) is 4.79 Å². The summed E-state index contributed by atoms with van der Waals surface area (Å²) in [5.74, 6) is 1.22. The Kier molecular flexibility index (Phi) is 6.70. The molecule has 1 aromatic heterocycles. The van der Waals surface area contributed by atoms with Gasteiger partial charge >= 0.3 is 0 Å². The summed E-state index contributed by atoms with van der Waals surface area (Å²) in [6.45, 7) is 8.84. The minimum atomic E-state index is -0.135. The second-order valence-corrected chi connectivity index (χ2v) is 9.55. The summed E-state index contributed by atoms with van der Waals surface area (Å²) < 4.78 is 10.8. The lowest BCUT2D eigenvalue weighted by Crippen LogP contribution is -2.48. The third kappa shape index (κ3) is 4.69. The topological polar surface area (TPSA) is 57.8 Å². The van der Waals surface area contributed by atoms with Gasteiger partial charge in [0.15, 0.2) is 11.5 Å². The van der Waals surface area contributed by atoms with Crippen molar-refractivity contribution in [1.82, 2.24) is 9.88 Å². The molecule has 1 saturated heterocycles. The highest BCUT2D eigenvalue weighted by molar-refractivity contribution is 5.88. The SMILES string of the molecule is COc1ccc(-c2cc3cc(-c4ccc(N5CCN(C(C)C)CC5)cc4)ccc3[nH]c2=O)cc1OC. The number of pyridine rings is 1. The van der Waals surface area contributed by atoms with Crippen molar-refractivity contribution in [3.05, 3.63) is 77.1 Å². The Morgan fingerprint density at radius 1 is 0.750 bits per heavy atom. The van der Waals surface area contributed by atoms with Gasteiger partial charge in [0.25, 0.3) is 5.56 Å². The summed E-state index contributed by atoms with van der Waals surface area (Å²) in [4.78, 5) is 20.9. The first-order chi connectivity index (χ1) is 17.5. The molecule has 0 saturated carbocycles. The van der Waals surface area contributed by atoms with Gasteiger partial charge in [0.2, 0.25) is 0 Å². The van der Waals surface area contributed by atoms with Gasteiger partial charge < -0.3 is 19.4 Å². The molecule has 0 atom stereocenters. The highest BCUT2D eigenvalue weighted by Gasteiger charge is 2.19. The van der Waals surface area contributed by atoms with Crippen LogP contribution in [0.3, 0.4) is 0 Å². The molecule has 0 aliphatic carbocycles. The van der Waals surface area contributed by atoms with E-state index in [1.165, 1.54) is 5.69 Å². The molecule has 186 valence electrons. The second kappa shape index (κ2) is 10.1. The summed E-state index contributed by atoms with van der Waals surface area (Å²) in [5, 5.41) is 0.978. The molecule has 0 spiro atoms. The molecule has 1 N–H and O–H groups in total. The Bertz CT molecular complexity index is 1420. The van der Waals surface area contributed by atoms with Crippen LogP contribution in [0.25, 0.3) is 33.2 Å². The zero-order chi connectivity index (χ0) is 25.2. The summed E-state index contributed by atoms with van der Waals surface area (Å²) in [6.07, 6.45) is 0. The molecule has 0 unspecified atom stereocenters. The predicted molar refractivity (Wildman–Crippen MR) is 147 cm³/mol. The normalized spacial score (nSPS) is 14.4. The fraction of sp³-hybridized carbons (Fsp3) is 0.300. The van der Waals surface area contributed by atoms with Crippen molar-refractivity contribution >= 4 is 16.6 Å². The molecule has 1 fully saturated rings. The van der Waals surface area contributed by atoms with E-state index >= 15 is 0 Å². The standard InChI is InChI=1S/C30H33N3O3/c1-20(2)32-13-15-33(16-14-32)25-9-5-21(6-10-25)22-7-11-27-24(17-22)18-26(30(34)31-27)23-8-12-28(35-3)29(19-23)36-4/h5-12,17-20H,13-16H2,1-4H3,(H,31,34). The Labute approximate surface area is 212 Å². The van der Waals surface area contributed by atoms with Crippen molar-refractivity contribution < 1.29 is 9.47 Å². The molecule has 36 heavy (non-hydrogen) atoms. The summed E-state index contributed by atoms with van der Waals surface area (Å²) in [7, 11) is 3.19. The van der Waals surface area contributed by atoms with E-state index < -0.39 is 0 Å². The minimum Gasteiger partial charge on any atom is -0.493 e. The van der Waals surface area contributed by atoms with Crippen molar-refractivity contribution in [3.63, 3.8) is 0 Å². The number of piperazine rings is 1. The van der Waals surface area contributed by atoms with Crippen LogP contribution in [0.1, 0.15) is 13.8 Å². The number of fused-ring (bicyclic) bond motifs is 1. The molecule has 1 aliphatic heterocycles. The lowest BCUT2D eigenvalue weighted by molar-refractivity contribution is 0.209. The number of aromatic nitrogens is 1. The van der Waals surface area contributed by atoms with Gasteiger partial charge in [0, 0.05) is 49.0 Å². The molecule has 6 nitrogen and oxygen atoms in total. The number of aromatic amines is 1. The first-order valence-electron chi connectivity index (χ1n) is 12.5. The highest BCUT2D eigenvalue weighted by Crippen LogP contribution is 2.32. The average molecular weight is 484 g/mol. The maximum atomic E-state index is 12.9. The molecule has 0 radical (unpaired) electrons. The molecule has 2 heterocycles. The number of ether oxygens (including phenoxy) is 2. The first-order valence-corrected chi connectivity index (χ1v) is 12.5. The van der Waals surface area contributed by atoms with E-state index in [0.29, 0.717) is 23.1 Å². The zero-order valence-corrected chi connectivity index (χ0v) is 21.4. The van der Waals surface area contributed by atoms with Gasteiger partial charge in [-0.3, -0.25) is 9.69 Å². The van der Waals surface area contributed by atoms with Crippen LogP contribution in [0, 0.1) is 0 Å². The Balaban J connectivity index is 1.42. The van der Waals surface area contributed by atoms with Gasteiger partial charge in [0.1, 0.15) is 0 Å². The van der Waals surface area contributed by atoms with Crippen molar-refractivity contribution in [2.24, 2.45) is 0 Å². The van der Waals surface area contributed by atoms with Crippen LogP contribution in [0.2, 0.25) is 0 Å². The number of nitrogens with zero attached hydrogens (tertiary/aromatic N) is 2. The fourth-order valence-corrected chi connectivity index (χ4v) is 4.97. The minimum absolute atomic E-state index is 0.135. The summed E-state index contributed by atoms with van der Waals surface area (Å²) in [5.41, 5.74) is 5.59. The number of hydrogen-bond acceptors (Lipinski definition) is 5. The van der Waals surface area contributed by atoms with E-state index in [2.05, 4.69) is 65.0 Å². The number of rotatable bonds is 6. The summed E-state index contributed by atoms with van der Waals surface area (Å²) in [6, 6.07) is 23.0. The van der Waals surface area contributed by atoms with E-state index in [4.69, 9.17) is 9.47 Å². The maximum Gasteiger partial charge on any atom is 0.256 e. The molecular weight excluding hydrogens is 450 g/mol. The van der Waals surface area contributed by atoms with Gasteiger partial charge in [-0.2, -0.15) is 0 Å². The van der Waals surface area contributed by atoms with Gasteiger partial charge in [-0.15, -0.1) is 0 Å². The molecule has 5 rings (SSSR count). The third-order valence-corrected chi connectivity index (χ3v) is 7.15. The monoisotopic (exact) mass is 483 g/mol. The van der Waals surface area contributed by atoms with Gasteiger partial charge in [-0.1, -0.05) is 24.3 Å². The number of hydrogen-bond donors (Lipinski definition) is 1. The van der Waals surface area contributed by atoms with Crippen LogP contribution in [0.15, 0.2) is 71.5 Å². The largest absolute Gasteiger partial charge is 0.493 e. The number of anilines is 1. The van der Waals surface area contributed by atoms with Crippen LogP contribution in [0.5, 0.6) is 11.5 Å². The Morgan fingerprint density at radius 2 is 1.42 bits per heavy atom. The van der Waals surface area contributed by atoms with Crippen molar-refractivity contribution in [2.75, 3.05) is 45.3 Å². The fourth-order valence-electron chi connectivity index (χ4n) is 4.97. The van der Waals surface area contributed by atoms with Gasteiger partial charge in [-0.05, 0) is 78.4 Å². The van der Waals surface area contributed by atoms with Gasteiger partial charge in [-0.25, -0.2) is 0 Å². The van der Waals surface area contributed by atoms with Crippen molar-refractivity contribution in [1.29, 1.82) is 0 Å². The molecular formula is C30H33N3O3. The van der Waals surface area contributed by atoms with E-state index in [0.717, 1.165) is 53.8 Å². The van der Waals surface area contributed by atoms with Crippen LogP contribution in [-0.2, 0) is 0 Å². The average Bonchev–Trinajstić information content (AvgIpc) is 2.92. The highest BCUT2D eigenvalue weighted by atomic mass is 16.5. The quantitative estimate of drug-likeness (QED) is 0.397. The zero-order valence-electron chi connectivity index (χ0n) is 21.4. The number of methoxy groups -OCH3 is 2. The summed E-state index contributed by atoms with van der Waals surface area (Å²) >= 11 is 0. The van der Waals surface area contributed by atoms with Crippen LogP contribution in [-0.4, -0.2) is 56.3 Å². The maximum absolute atomic E-state index is 12.9. The Morgan fingerprint density at radius 3 is 2.08 bits per heavy atom. The van der Waals surface area contributed by atoms with Gasteiger partial charge in [0.05, 0.1) is 14.2 Å². The van der Waals surface area contributed by atoms with E-state index in [1.807, 2.05) is 30.3 Å². The lowest BCUT2D eigenvalue weighted by Gasteiger charge is -2.38. The van der Waals surface area contributed by atoms with E-state index in [1.54, 1.807) is 14.2 Å². The van der Waals surface area contributed by atoms with Crippen LogP contribution >= 0.6 is 0 Å². The molecule has 6 heteroatoms. The molecule has 0 amide bonds. The number of nitrogens with one attached hydrogen (secondary N) is 1. The van der Waals surface area contributed by atoms with Crippen molar-refractivity contribution in [2.45, 2.75) is 19.9 Å². The molecule has 0 bridgehead atoms. The number of H-pyrrole nitrogens is 1. The molecule has 3 aromatic carbocycles. The van der Waals surface area contributed by atoms with Crippen molar-refractivity contribution in [3.8, 4) is 33.8 Å². The number of benzene rings is 3. The smallest absolute Gasteiger partial charge is 0.256 e. The lowest BCUT2D eigenvalue weighted by atomic mass is 10.00. The predicted octanol–water partition coefficient (Wildman–Crippen LogP) is 5.41.